The number of hydrogen-bond donors (Lipinski definition) is 1. The van der Waals surface area contributed by atoms with Gasteiger partial charge in [-0.1, -0.05) is 24.6 Å². The van der Waals surface area contributed by atoms with Crippen molar-refractivity contribution in [3.63, 3.8) is 0 Å². The van der Waals surface area contributed by atoms with E-state index in [4.69, 9.17) is 16.2 Å². The van der Waals surface area contributed by atoms with E-state index >= 15 is 0 Å². The minimum atomic E-state index is -4.00. The van der Waals surface area contributed by atoms with Gasteiger partial charge < -0.3 is 0 Å². The maximum atomic E-state index is 13.0. The minimum absolute atomic E-state index is 0.0693. The Hall–Kier alpha value is -0.300. The molecule has 0 spiro atoms. The summed E-state index contributed by atoms with van der Waals surface area (Å²) in [5.41, 5.74) is 0.868. The lowest BCUT2D eigenvalue weighted by Gasteiger charge is -2.09. The van der Waals surface area contributed by atoms with Gasteiger partial charge in [0.2, 0.25) is 0 Å². The van der Waals surface area contributed by atoms with Gasteiger partial charge in [-0.3, -0.25) is 4.55 Å². The summed E-state index contributed by atoms with van der Waals surface area (Å²) in [6.45, 7) is 1.79. The van der Waals surface area contributed by atoms with Gasteiger partial charge in [-0.15, -0.1) is 0 Å². The smallest absolute Gasteiger partial charge is 0.268 e. The van der Waals surface area contributed by atoms with E-state index in [-0.39, 0.29) is 15.5 Å². The highest BCUT2D eigenvalue weighted by Gasteiger charge is 2.39. The fourth-order valence-corrected chi connectivity index (χ4v) is 5.72. The minimum Gasteiger partial charge on any atom is -0.285 e. The van der Waals surface area contributed by atoms with Gasteiger partial charge in [0.25, 0.3) is 10.1 Å². The third kappa shape index (κ3) is 3.62. The molecular formula is C12H14ClFO3S2. The highest BCUT2D eigenvalue weighted by atomic mass is 35.5. The molecular weight excluding hydrogens is 311 g/mol. The Bertz CT molecular complexity index is 576. The molecule has 19 heavy (non-hydrogen) atoms. The van der Waals surface area contributed by atoms with Gasteiger partial charge in [0, 0.05) is 10.5 Å². The predicted octanol–water partition coefficient (Wildman–Crippen LogP) is 3.17. The van der Waals surface area contributed by atoms with Gasteiger partial charge in [-0.05, 0) is 30.5 Å². The van der Waals surface area contributed by atoms with E-state index in [0.29, 0.717) is 12.8 Å². The van der Waals surface area contributed by atoms with Crippen LogP contribution in [0.4, 0.5) is 4.39 Å². The average molecular weight is 325 g/mol. The molecule has 0 amide bonds. The van der Waals surface area contributed by atoms with Crippen molar-refractivity contribution in [3.8, 4) is 0 Å². The molecule has 3 nitrogen and oxygen atoms in total. The largest absolute Gasteiger partial charge is 0.285 e. The van der Waals surface area contributed by atoms with Crippen molar-refractivity contribution in [1.82, 2.24) is 0 Å². The molecule has 3 atom stereocenters. The first-order chi connectivity index (χ1) is 8.77. The van der Waals surface area contributed by atoms with Gasteiger partial charge >= 0.3 is 0 Å². The Morgan fingerprint density at radius 2 is 2.21 bits per heavy atom. The monoisotopic (exact) mass is 324 g/mol. The predicted molar refractivity (Wildman–Crippen MR) is 75.9 cm³/mol. The van der Waals surface area contributed by atoms with Crippen molar-refractivity contribution >= 4 is 33.5 Å². The SMILES string of the molecule is CC1SC(Cc2ccc(F)c(Cl)c2)CC1S(=O)(=O)O. The van der Waals surface area contributed by atoms with Gasteiger partial charge in [-0.2, -0.15) is 20.2 Å². The molecule has 2 rings (SSSR count). The summed E-state index contributed by atoms with van der Waals surface area (Å²) < 4.78 is 44.6. The Labute approximate surface area is 121 Å². The quantitative estimate of drug-likeness (QED) is 0.868. The lowest BCUT2D eigenvalue weighted by molar-refractivity contribution is 0.463. The van der Waals surface area contributed by atoms with Crippen LogP contribution in [0.1, 0.15) is 18.9 Å². The van der Waals surface area contributed by atoms with Crippen LogP contribution in [0.25, 0.3) is 0 Å². The summed E-state index contributed by atoms with van der Waals surface area (Å²) in [4.78, 5) is 0. The molecule has 7 heteroatoms. The first-order valence-corrected chi connectivity index (χ1v) is 8.65. The van der Waals surface area contributed by atoms with E-state index in [1.165, 1.54) is 17.8 Å². The summed E-state index contributed by atoms with van der Waals surface area (Å²) in [6, 6.07) is 4.51. The third-order valence-electron chi connectivity index (χ3n) is 3.26. The molecule has 1 aliphatic heterocycles. The van der Waals surface area contributed by atoms with Crippen LogP contribution in [0.3, 0.4) is 0 Å². The maximum absolute atomic E-state index is 13.0. The van der Waals surface area contributed by atoms with E-state index in [1.807, 2.05) is 0 Å². The fraction of sp³-hybridized carbons (Fsp3) is 0.500. The van der Waals surface area contributed by atoms with Crippen LogP contribution in [0.15, 0.2) is 18.2 Å². The first-order valence-electron chi connectivity index (χ1n) is 5.83. The molecule has 1 saturated heterocycles. The summed E-state index contributed by atoms with van der Waals surface area (Å²) in [5, 5.41) is -0.710. The number of thioether (sulfide) groups is 1. The van der Waals surface area contributed by atoms with Crippen molar-refractivity contribution < 1.29 is 17.4 Å². The summed E-state index contributed by atoms with van der Waals surface area (Å²) in [5.74, 6) is -0.464. The summed E-state index contributed by atoms with van der Waals surface area (Å²) in [7, 11) is -4.00. The van der Waals surface area contributed by atoms with Gasteiger partial charge in [0.15, 0.2) is 0 Å². The Kier molecular flexibility index (Phi) is 4.45. The van der Waals surface area contributed by atoms with Crippen LogP contribution in [0, 0.1) is 5.82 Å². The Morgan fingerprint density at radius 3 is 2.74 bits per heavy atom. The van der Waals surface area contributed by atoms with Crippen LogP contribution >= 0.6 is 23.4 Å². The van der Waals surface area contributed by atoms with Crippen LogP contribution in [0.5, 0.6) is 0 Å². The molecule has 3 unspecified atom stereocenters. The average Bonchev–Trinajstić information content (AvgIpc) is 2.64. The molecule has 0 aliphatic carbocycles. The van der Waals surface area contributed by atoms with Gasteiger partial charge in [0.05, 0.1) is 10.3 Å². The molecule has 106 valence electrons. The van der Waals surface area contributed by atoms with Crippen molar-refractivity contribution in [3.05, 3.63) is 34.6 Å². The Morgan fingerprint density at radius 1 is 1.53 bits per heavy atom. The zero-order valence-corrected chi connectivity index (χ0v) is 12.6. The van der Waals surface area contributed by atoms with Crippen molar-refractivity contribution in [2.24, 2.45) is 0 Å². The fourth-order valence-electron chi connectivity index (χ4n) is 2.32. The van der Waals surface area contributed by atoms with E-state index in [9.17, 15) is 12.8 Å². The van der Waals surface area contributed by atoms with Crippen LogP contribution in [-0.4, -0.2) is 28.7 Å². The van der Waals surface area contributed by atoms with E-state index in [2.05, 4.69) is 0 Å². The molecule has 0 saturated carbocycles. The number of halogens is 2. The van der Waals surface area contributed by atoms with Crippen LogP contribution in [-0.2, 0) is 16.5 Å². The second-order valence-electron chi connectivity index (χ2n) is 4.70. The van der Waals surface area contributed by atoms with E-state index in [0.717, 1.165) is 5.56 Å². The third-order valence-corrected chi connectivity index (χ3v) is 6.59. The van der Waals surface area contributed by atoms with E-state index < -0.39 is 21.2 Å². The Balaban J connectivity index is 2.07. The normalized spacial score (nSPS) is 27.7. The first kappa shape index (κ1) is 15.1. The van der Waals surface area contributed by atoms with Crippen molar-refractivity contribution in [2.75, 3.05) is 0 Å². The lowest BCUT2D eigenvalue weighted by atomic mass is 10.1. The topological polar surface area (TPSA) is 54.4 Å². The lowest BCUT2D eigenvalue weighted by Crippen LogP contribution is -2.25. The molecule has 0 aromatic heterocycles. The zero-order valence-electron chi connectivity index (χ0n) is 10.2. The van der Waals surface area contributed by atoms with Crippen LogP contribution < -0.4 is 0 Å². The van der Waals surface area contributed by atoms with Crippen molar-refractivity contribution in [1.29, 1.82) is 0 Å². The molecule has 1 heterocycles. The second-order valence-corrected chi connectivity index (χ2v) is 8.43. The standard InChI is InChI=1S/C12H14ClFO3S2/c1-7-12(19(15,16)17)6-9(18-7)4-8-2-3-11(14)10(13)5-8/h2-3,5,7,9,12H,4,6H2,1H3,(H,15,16,17). The highest BCUT2D eigenvalue weighted by Crippen LogP contribution is 2.39. The number of benzene rings is 1. The highest BCUT2D eigenvalue weighted by molar-refractivity contribution is 8.02. The molecule has 0 bridgehead atoms. The zero-order chi connectivity index (χ0) is 14.2. The molecule has 1 N–H and O–H groups in total. The molecule has 1 fully saturated rings. The maximum Gasteiger partial charge on any atom is 0.268 e. The van der Waals surface area contributed by atoms with Crippen molar-refractivity contribution in [2.45, 2.75) is 35.5 Å². The molecule has 1 aliphatic rings. The van der Waals surface area contributed by atoms with Gasteiger partial charge in [-0.25, -0.2) is 4.39 Å². The molecule has 1 aromatic rings. The molecule has 1 aromatic carbocycles. The number of hydrogen-bond acceptors (Lipinski definition) is 3. The number of rotatable bonds is 3. The van der Waals surface area contributed by atoms with E-state index in [1.54, 1.807) is 19.1 Å². The molecule has 0 radical (unpaired) electrons. The van der Waals surface area contributed by atoms with Gasteiger partial charge in [0.1, 0.15) is 5.82 Å². The summed E-state index contributed by atoms with van der Waals surface area (Å²) in [6.07, 6.45) is 1.01. The summed E-state index contributed by atoms with van der Waals surface area (Å²) >= 11 is 7.24. The van der Waals surface area contributed by atoms with Crippen LogP contribution in [0.2, 0.25) is 5.02 Å². The second kappa shape index (κ2) is 5.60.